The number of alkyl halides is 1. The van der Waals surface area contributed by atoms with Crippen LogP contribution in [0, 0.1) is 0 Å². The highest BCUT2D eigenvalue weighted by molar-refractivity contribution is 6.21. The first-order valence-corrected chi connectivity index (χ1v) is 5.95. The van der Waals surface area contributed by atoms with Gasteiger partial charge in [0, 0.05) is 13.7 Å². The molecule has 0 aliphatic heterocycles. The maximum absolute atomic E-state index is 6.03. The zero-order valence-corrected chi connectivity index (χ0v) is 10.7. The molecule has 0 aliphatic carbocycles. The second-order valence-electron chi connectivity index (χ2n) is 3.68. The van der Waals surface area contributed by atoms with Crippen LogP contribution in [0.3, 0.4) is 0 Å². The molecule has 1 heterocycles. The Labute approximate surface area is 110 Å². The summed E-state index contributed by atoms with van der Waals surface area (Å²) in [4.78, 5) is 0. The molecule has 0 aliphatic rings. The van der Waals surface area contributed by atoms with Gasteiger partial charge in [-0.15, -0.1) is 11.6 Å². The third-order valence-electron chi connectivity index (χ3n) is 2.30. The van der Waals surface area contributed by atoms with Gasteiger partial charge < -0.3 is 10.1 Å². The first-order chi connectivity index (χ1) is 8.81. The number of halogens is 1. The van der Waals surface area contributed by atoms with Crippen LogP contribution in [-0.2, 0) is 4.74 Å². The van der Waals surface area contributed by atoms with Crippen molar-refractivity contribution in [2.24, 2.45) is 0 Å². The highest BCUT2D eigenvalue weighted by Gasteiger charge is 2.09. The monoisotopic (exact) mass is 267 g/mol. The van der Waals surface area contributed by atoms with Crippen molar-refractivity contribution in [1.29, 1.82) is 0 Å². The molecule has 1 N–H and O–H groups in total. The molecule has 2 rings (SSSR count). The quantitative estimate of drug-likeness (QED) is 0.800. The zero-order chi connectivity index (χ0) is 12.8. The van der Waals surface area contributed by atoms with Gasteiger partial charge in [-0.1, -0.05) is 23.3 Å². The number of hydrogen-bond donors (Lipinski definition) is 1. The Balaban J connectivity index is 2.05. The summed E-state index contributed by atoms with van der Waals surface area (Å²) in [6, 6.07) is 9.64. The highest BCUT2D eigenvalue weighted by atomic mass is 35.5. The van der Waals surface area contributed by atoms with Crippen LogP contribution in [0.4, 0.5) is 5.95 Å². The Morgan fingerprint density at radius 1 is 1.39 bits per heavy atom. The Morgan fingerprint density at radius 2 is 2.17 bits per heavy atom. The molecule has 6 nitrogen and oxygen atoms in total. The van der Waals surface area contributed by atoms with E-state index in [1.54, 1.807) is 11.8 Å². The molecule has 2 aromatic rings. The van der Waals surface area contributed by atoms with Crippen LogP contribution in [0.1, 0.15) is 0 Å². The number of tetrazole rings is 1. The number of aromatic nitrogens is 4. The van der Waals surface area contributed by atoms with Gasteiger partial charge in [-0.2, -0.15) is 4.68 Å². The van der Waals surface area contributed by atoms with Gasteiger partial charge in [0.1, 0.15) is 0 Å². The van der Waals surface area contributed by atoms with Crippen molar-refractivity contribution >= 4 is 17.5 Å². The Hall–Kier alpha value is -1.66. The molecule has 1 unspecified atom stereocenters. The van der Waals surface area contributed by atoms with Crippen LogP contribution in [0.25, 0.3) is 5.69 Å². The summed E-state index contributed by atoms with van der Waals surface area (Å²) in [5, 5.41) is 14.5. The van der Waals surface area contributed by atoms with E-state index in [1.165, 1.54) is 0 Å². The molecule has 1 aromatic carbocycles. The molecule has 0 saturated carbocycles. The fourth-order valence-corrected chi connectivity index (χ4v) is 1.69. The minimum absolute atomic E-state index is 0.129. The molecule has 0 bridgehead atoms. The van der Waals surface area contributed by atoms with E-state index in [9.17, 15) is 0 Å². The smallest absolute Gasteiger partial charge is 0.247 e. The van der Waals surface area contributed by atoms with E-state index in [-0.39, 0.29) is 5.38 Å². The fourth-order valence-electron chi connectivity index (χ4n) is 1.48. The van der Waals surface area contributed by atoms with Gasteiger partial charge in [0.05, 0.1) is 17.7 Å². The second kappa shape index (κ2) is 6.32. The Kier molecular flexibility index (Phi) is 4.49. The van der Waals surface area contributed by atoms with Crippen molar-refractivity contribution in [1.82, 2.24) is 20.2 Å². The standard InChI is InChI=1S/C11H14ClN5O/c1-18-8-9(12)7-13-11-14-15-16-17(11)10-5-3-2-4-6-10/h2-6,9H,7-8H2,1H3,(H,13,14,16). The van der Waals surface area contributed by atoms with E-state index < -0.39 is 0 Å². The maximum atomic E-state index is 6.03. The fraction of sp³-hybridized carbons (Fsp3) is 0.364. The molecule has 1 atom stereocenters. The van der Waals surface area contributed by atoms with Gasteiger partial charge in [-0.25, -0.2) is 0 Å². The summed E-state index contributed by atoms with van der Waals surface area (Å²) in [6.07, 6.45) is 0. The molecule has 96 valence electrons. The number of para-hydroxylation sites is 1. The maximum Gasteiger partial charge on any atom is 0.247 e. The molecule has 0 radical (unpaired) electrons. The van der Waals surface area contributed by atoms with Crippen molar-refractivity contribution in [3.05, 3.63) is 30.3 Å². The summed E-state index contributed by atoms with van der Waals surface area (Å²) in [5.41, 5.74) is 0.892. The molecule has 7 heteroatoms. The lowest BCUT2D eigenvalue weighted by atomic mass is 10.3. The van der Waals surface area contributed by atoms with Crippen LogP contribution in [0.2, 0.25) is 0 Å². The van der Waals surface area contributed by atoms with E-state index in [1.807, 2.05) is 30.3 Å². The topological polar surface area (TPSA) is 64.9 Å². The number of hydrogen-bond acceptors (Lipinski definition) is 5. The molecule has 0 saturated heterocycles. The average Bonchev–Trinajstić information content (AvgIpc) is 2.86. The first-order valence-electron chi connectivity index (χ1n) is 5.52. The normalized spacial score (nSPS) is 12.3. The van der Waals surface area contributed by atoms with Crippen LogP contribution < -0.4 is 5.32 Å². The van der Waals surface area contributed by atoms with Crippen molar-refractivity contribution in [3.63, 3.8) is 0 Å². The minimum atomic E-state index is -0.129. The molecular weight excluding hydrogens is 254 g/mol. The highest BCUT2D eigenvalue weighted by Crippen LogP contribution is 2.10. The molecule has 18 heavy (non-hydrogen) atoms. The van der Waals surface area contributed by atoms with E-state index >= 15 is 0 Å². The summed E-state index contributed by atoms with van der Waals surface area (Å²) in [5.74, 6) is 0.558. The van der Waals surface area contributed by atoms with Crippen LogP contribution in [0.5, 0.6) is 0 Å². The number of rotatable bonds is 6. The van der Waals surface area contributed by atoms with E-state index in [2.05, 4.69) is 20.8 Å². The van der Waals surface area contributed by atoms with Gasteiger partial charge in [0.15, 0.2) is 0 Å². The van der Waals surface area contributed by atoms with Gasteiger partial charge in [-0.05, 0) is 22.6 Å². The summed E-state index contributed by atoms with van der Waals surface area (Å²) in [7, 11) is 1.61. The van der Waals surface area contributed by atoms with Crippen molar-refractivity contribution in [2.75, 3.05) is 25.6 Å². The summed E-state index contributed by atoms with van der Waals surface area (Å²) in [6.45, 7) is 1.00. The van der Waals surface area contributed by atoms with Gasteiger partial charge in [0.25, 0.3) is 0 Å². The molecule has 0 amide bonds. The van der Waals surface area contributed by atoms with Crippen molar-refractivity contribution in [3.8, 4) is 5.69 Å². The van der Waals surface area contributed by atoms with Crippen LogP contribution in [-0.4, -0.2) is 45.8 Å². The van der Waals surface area contributed by atoms with E-state index in [4.69, 9.17) is 16.3 Å². The Bertz CT molecular complexity index is 475. The molecule has 0 spiro atoms. The lowest BCUT2D eigenvalue weighted by Crippen LogP contribution is -2.20. The lowest BCUT2D eigenvalue weighted by molar-refractivity contribution is 0.200. The first kappa shape index (κ1) is 12.8. The third kappa shape index (κ3) is 3.18. The third-order valence-corrected chi connectivity index (χ3v) is 2.58. The van der Waals surface area contributed by atoms with E-state index in [0.717, 1.165) is 5.69 Å². The predicted molar refractivity (Wildman–Crippen MR) is 69.2 cm³/mol. The second-order valence-corrected chi connectivity index (χ2v) is 4.30. The summed E-state index contributed by atoms with van der Waals surface area (Å²) < 4.78 is 6.58. The van der Waals surface area contributed by atoms with Crippen molar-refractivity contribution in [2.45, 2.75) is 5.38 Å². The predicted octanol–water partition coefficient (Wildman–Crippen LogP) is 1.33. The van der Waals surface area contributed by atoms with Gasteiger partial charge in [-0.3, -0.25) is 0 Å². The summed E-state index contributed by atoms with van der Waals surface area (Å²) >= 11 is 6.03. The SMILES string of the molecule is COCC(Cl)CNc1nnnn1-c1ccccc1. The van der Waals surface area contributed by atoms with E-state index in [0.29, 0.717) is 19.1 Å². The Morgan fingerprint density at radius 3 is 2.89 bits per heavy atom. The minimum Gasteiger partial charge on any atom is -0.383 e. The molecule has 1 aromatic heterocycles. The number of nitrogens with zero attached hydrogens (tertiary/aromatic N) is 4. The van der Waals surface area contributed by atoms with Crippen molar-refractivity contribution < 1.29 is 4.74 Å². The largest absolute Gasteiger partial charge is 0.383 e. The van der Waals surface area contributed by atoms with Gasteiger partial charge >= 0.3 is 0 Å². The number of ether oxygens (including phenoxy) is 1. The van der Waals surface area contributed by atoms with Gasteiger partial charge in [0.2, 0.25) is 5.95 Å². The molecule has 0 fully saturated rings. The van der Waals surface area contributed by atoms with Crippen LogP contribution in [0.15, 0.2) is 30.3 Å². The number of nitrogens with one attached hydrogen (secondary N) is 1. The lowest BCUT2D eigenvalue weighted by Gasteiger charge is -2.10. The zero-order valence-electron chi connectivity index (χ0n) is 9.95. The molecular formula is C11H14ClN5O. The number of anilines is 1. The average molecular weight is 268 g/mol. The number of methoxy groups -OCH3 is 1. The number of benzene rings is 1. The van der Waals surface area contributed by atoms with Crippen LogP contribution >= 0.6 is 11.6 Å².